The smallest absolute Gasteiger partial charge is 0.236 e. The highest BCUT2D eigenvalue weighted by atomic mass is 19.1. The topological polar surface area (TPSA) is 43.9 Å². The Labute approximate surface area is 179 Å². The van der Waals surface area contributed by atoms with Crippen molar-refractivity contribution >= 4 is 11.8 Å². The van der Waals surface area contributed by atoms with Gasteiger partial charge in [-0.15, -0.1) is 0 Å². The number of carbonyl (C=O) groups is 2. The summed E-state index contributed by atoms with van der Waals surface area (Å²) >= 11 is 0. The molecule has 3 aliphatic rings. The van der Waals surface area contributed by atoms with E-state index in [1.807, 2.05) is 11.0 Å². The second kappa shape index (κ2) is 9.46. The van der Waals surface area contributed by atoms with E-state index in [0.29, 0.717) is 25.5 Å². The summed E-state index contributed by atoms with van der Waals surface area (Å²) in [5.74, 6) is 0.274. The summed E-state index contributed by atoms with van der Waals surface area (Å²) in [4.78, 5) is 31.9. The number of hydrogen-bond acceptors (Lipinski definition) is 3. The van der Waals surface area contributed by atoms with Gasteiger partial charge in [-0.25, -0.2) is 4.39 Å². The number of fused-ring (bicyclic) bond motifs is 1. The van der Waals surface area contributed by atoms with E-state index in [-0.39, 0.29) is 23.7 Å². The van der Waals surface area contributed by atoms with Crippen LogP contribution in [0.5, 0.6) is 0 Å². The average Bonchev–Trinajstić information content (AvgIpc) is 3.05. The van der Waals surface area contributed by atoms with Crippen LogP contribution in [-0.2, 0) is 16.0 Å². The molecule has 1 atom stereocenters. The van der Waals surface area contributed by atoms with Crippen molar-refractivity contribution in [3.8, 4) is 0 Å². The maximum Gasteiger partial charge on any atom is 0.236 e. The van der Waals surface area contributed by atoms with Gasteiger partial charge in [0.05, 0.1) is 6.54 Å². The van der Waals surface area contributed by atoms with Crippen molar-refractivity contribution < 1.29 is 14.0 Å². The first-order valence-electron chi connectivity index (χ1n) is 11.6. The van der Waals surface area contributed by atoms with Gasteiger partial charge in [-0.3, -0.25) is 14.5 Å². The third kappa shape index (κ3) is 4.69. The van der Waals surface area contributed by atoms with Crippen LogP contribution in [0.25, 0.3) is 0 Å². The van der Waals surface area contributed by atoms with Crippen molar-refractivity contribution in [2.24, 2.45) is 5.92 Å². The predicted molar refractivity (Wildman–Crippen MR) is 114 cm³/mol. The molecule has 1 aromatic rings. The van der Waals surface area contributed by atoms with Gasteiger partial charge in [0.1, 0.15) is 5.82 Å². The minimum atomic E-state index is -0.218. The minimum Gasteiger partial charge on any atom is -0.342 e. The van der Waals surface area contributed by atoms with Crippen LogP contribution < -0.4 is 0 Å². The van der Waals surface area contributed by atoms with E-state index >= 15 is 0 Å². The van der Waals surface area contributed by atoms with Gasteiger partial charge in [-0.1, -0.05) is 18.9 Å². The number of piperidine rings is 1. The lowest BCUT2D eigenvalue weighted by atomic mass is 9.93. The maximum atomic E-state index is 13.7. The van der Waals surface area contributed by atoms with Gasteiger partial charge in [0, 0.05) is 44.7 Å². The Morgan fingerprint density at radius 1 is 0.967 bits per heavy atom. The SMILES string of the molecule is CC1c2cc(F)ccc2CCN1CC(=O)N1CCC(C(=O)N2CCCCCC2)CC1. The van der Waals surface area contributed by atoms with E-state index in [1.54, 1.807) is 6.07 Å². The first kappa shape index (κ1) is 21.3. The standard InChI is InChI=1S/C24H34FN3O2/c1-18-22-16-21(25)7-6-19(22)8-15-28(18)17-23(29)26-13-9-20(10-14-26)24(30)27-11-4-2-3-5-12-27/h6-7,16,18,20H,2-5,8-15,17H2,1H3. The number of rotatable bonds is 3. The molecule has 5 nitrogen and oxygen atoms in total. The number of carbonyl (C=O) groups excluding carboxylic acids is 2. The van der Waals surface area contributed by atoms with Crippen LogP contribution in [0.15, 0.2) is 18.2 Å². The lowest BCUT2D eigenvalue weighted by Gasteiger charge is -2.38. The van der Waals surface area contributed by atoms with Gasteiger partial charge >= 0.3 is 0 Å². The second-order valence-corrected chi connectivity index (χ2v) is 9.13. The highest BCUT2D eigenvalue weighted by molar-refractivity contribution is 5.81. The van der Waals surface area contributed by atoms with Crippen LogP contribution in [0.1, 0.15) is 62.6 Å². The molecule has 2 amide bonds. The first-order valence-corrected chi connectivity index (χ1v) is 11.6. The quantitative estimate of drug-likeness (QED) is 0.760. The fourth-order valence-corrected chi connectivity index (χ4v) is 5.25. The van der Waals surface area contributed by atoms with Crippen LogP contribution in [0.3, 0.4) is 0 Å². The molecule has 0 N–H and O–H groups in total. The molecule has 2 saturated heterocycles. The van der Waals surface area contributed by atoms with Crippen LogP contribution in [0.2, 0.25) is 0 Å². The zero-order chi connectivity index (χ0) is 21.1. The van der Waals surface area contributed by atoms with E-state index < -0.39 is 0 Å². The first-order chi connectivity index (χ1) is 14.5. The maximum absolute atomic E-state index is 13.7. The van der Waals surface area contributed by atoms with Gasteiger partial charge in [0.2, 0.25) is 11.8 Å². The van der Waals surface area contributed by atoms with Crippen molar-refractivity contribution in [1.82, 2.24) is 14.7 Å². The molecular formula is C24H34FN3O2. The Kier molecular flexibility index (Phi) is 6.71. The van der Waals surface area contributed by atoms with Gasteiger partial charge < -0.3 is 9.80 Å². The molecule has 3 aliphatic heterocycles. The fraction of sp³-hybridized carbons (Fsp3) is 0.667. The average molecular weight is 416 g/mol. The van der Waals surface area contributed by atoms with Crippen molar-refractivity contribution in [2.45, 2.75) is 57.9 Å². The number of amides is 2. The van der Waals surface area contributed by atoms with Crippen molar-refractivity contribution in [1.29, 1.82) is 0 Å². The number of halogens is 1. The predicted octanol–water partition coefficient (Wildman–Crippen LogP) is 3.39. The van der Waals surface area contributed by atoms with Gasteiger partial charge in [0.15, 0.2) is 0 Å². The van der Waals surface area contributed by atoms with Crippen LogP contribution >= 0.6 is 0 Å². The van der Waals surface area contributed by atoms with Crippen molar-refractivity contribution in [3.63, 3.8) is 0 Å². The highest BCUT2D eigenvalue weighted by Crippen LogP contribution is 2.30. The van der Waals surface area contributed by atoms with Crippen LogP contribution in [0, 0.1) is 11.7 Å². The molecule has 164 valence electrons. The molecule has 30 heavy (non-hydrogen) atoms. The van der Waals surface area contributed by atoms with Crippen molar-refractivity contribution in [2.75, 3.05) is 39.3 Å². The fourth-order valence-electron chi connectivity index (χ4n) is 5.25. The van der Waals surface area contributed by atoms with Crippen LogP contribution in [-0.4, -0.2) is 65.8 Å². The van der Waals surface area contributed by atoms with Crippen LogP contribution in [0.4, 0.5) is 4.39 Å². The Morgan fingerprint density at radius 2 is 1.67 bits per heavy atom. The third-order valence-corrected chi connectivity index (χ3v) is 7.23. The Morgan fingerprint density at radius 3 is 2.37 bits per heavy atom. The molecule has 3 heterocycles. The normalized spacial score (nSPS) is 23.7. The van der Waals surface area contributed by atoms with Gasteiger partial charge in [-0.2, -0.15) is 0 Å². The van der Waals surface area contributed by atoms with Gasteiger partial charge in [0.25, 0.3) is 0 Å². The lowest BCUT2D eigenvalue weighted by Crippen LogP contribution is -2.48. The molecule has 4 rings (SSSR count). The second-order valence-electron chi connectivity index (χ2n) is 9.13. The zero-order valence-corrected chi connectivity index (χ0v) is 18.1. The molecule has 0 saturated carbocycles. The number of likely N-dealkylation sites (tertiary alicyclic amines) is 2. The van der Waals surface area contributed by atoms with E-state index in [2.05, 4.69) is 16.7 Å². The minimum absolute atomic E-state index is 0.0375. The number of hydrogen-bond donors (Lipinski definition) is 0. The number of benzene rings is 1. The Bertz CT molecular complexity index is 768. The summed E-state index contributed by atoms with van der Waals surface area (Å²) in [6.07, 6.45) is 7.06. The molecule has 0 bridgehead atoms. The van der Waals surface area contributed by atoms with E-state index in [0.717, 1.165) is 57.3 Å². The largest absolute Gasteiger partial charge is 0.342 e. The Balaban J connectivity index is 1.29. The molecule has 1 unspecified atom stereocenters. The number of nitrogens with zero attached hydrogens (tertiary/aromatic N) is 3. The van der Waals surface area contributed by atoms with Crippen molar-refractivity contribution in [3.05, 3.63) is 35.1 Å². The summed E-state index contributed by atoms with van der Waals surface area (Å²) in [6.45, 7) is 6.35. The van der Waals surface area contributed by atoms with E-state index in [4.69, 9.17) is 0 Å². The monoisotopic (exact) mass is 415 g/mol. The molecular weight excluding hydrogens is 381 g/mol. The van der Waals surface area contributed by atoms with E-state index in [9.17, 15) is 14.0 Å². The molecule has 6 heteroatoms. The molecule has 0 aromatic heterocycles. The molecule has 0 spiro atoms. The molecule has 1 aromatic carbocycles. The summed E-state index contributed by atoms with van der Waals surface area (Å²) < 4.78 is 13.7. The zero-order valence-electron chi connectivity index (χ0n) is 18.1. The molecule has 0 aliphatic carbocycles. The summed E-state index contributed by atoms with van der Waals surface area (Å²) in [7, 11) is 0. The summed E-state index contributed by atoms with van der Waals surface area (Å²) in [5, 5.41) is 0. The van der Waals surface area contributed by atoms with E-state index in [1.165, 1.54) is 24.5 Å². The highest BCUT2D eigenvalue weighted by Gasteiger charge is 2.32. The summed E-state index contributed by atoms with van der Waals surface area (Å²) in [5.41, 5.74) is 2.18. The summed E-state index contributed by atoms with van der Waals surface area (Å²) in [6, 6.07) is 5.03. The third-order valence-electron chi connectivity index (χ3n) is 7.23. The van der Waals surface area contributed by atoms with Gasteiger partial charge in [-0.05, 0) is 62.3 Å². The lowest BCUT2D eigenvalue weighted by molar-refractivity contribution is -0.141. The molecule has 2 fully saturated rings. The molecule has 0 radical (unpaired) electrons. The Hall–Kier alpha value is -1.95.